The summed E-state index contributed by atoms with van der Waals surface area (Å²) in [6, 6.07) is 0. The molecule has 0 aromatic carbocycles. The van der Waals surface area contributed by atoms with Crippen LogP contribution < -0.4 is 0 Å². The van der Waals surface area contributed by atoms with E-state index in [1.165, 1.54) is 0 Å². The van der Waals surface area contributed by atoms with E-state index in [0.717, 1.165) is 0 Å². The number of ether oxygens (including phenoxy) is 1. The Morgan fingerprint density at radius 1 is 0.783 bits per heavy atom. The number of thioether (sulfide) groups is 1. The maximum absolute atomic E-state index is 6.19. The van der Waals surface area contributed by atoms with Gasteiger partial charge in [-0.05, 0) is 43.2 Å². The molecule has 0 radical (unpaired) electrons. The number of hydrogen-bond acceptors (Lipinski definition) is 4. The highest BCUT2D eigenvalue weighted by Gasteiger charge is 2.38. The van der Waals surface area contributed by atoms with Gasteiger partial charge < -0.3 is 13.6 Å². The van der Waals surface area contributed by atoms with E-state index in [0.29, 0.717) is 18.5 Å². The molecule has 0 spiro atoms. The second kappa shape index (κ2) is 8.85. The van der Waals surface area contributed by atoms with Gasteiger partial charge in [-0.25, -0.2) is 0 Å². The summed E-state index contributed by atoms with van der Waals surface area (Å²) in [7, 11) is -3.31. The van der Waals surface area contributed by atoms with E-state index in [9.17, 15) is 0 Å². The summed E-state index contributed by atoms with van der Waals surface area (Å²) in [6.07, 6.45) is 0.129. The van der Waals surface area contributed by atoms with E-state index >= 15 is 0 Å². The summed E-state index contributed by atoms with van der Waals surface area (Å²) < 4.78 is 18.2. The van der Waals surface area contributed by atoms with Gasteiger partial charge in [0, 0.05) is 0 Å². The average Bonchev–Trinajstić information content (AvgIpc) is 2.33. The third-order valence-corrected chi connectivity index (χ3v) is 15.0. The van der Waals surface area contributed by atoms with E-state index < -0.39 is 16.6 Å². The fourth-order valence-electron chi connectivity index (χ4n) is 1.19. The highest BCUT2D eigenvalue weighted by molar-refractivity contribution is 7.99. The van der Waals surface area contributed by atoms with Gasteiger partial charge in [0.05, 0.1) is 24.6 Å². The molecule has 0 aliphatic heterocycles. The van der Waals surface area contributed by atoms with E-state index in [1.54, 1.807) is 11.8 Å². The lowest BCUT2D eigenvalue weighted by Gasteiger charge is -2.37. The Morgan fingerprint density at radius 3 is 1.65 bits per heavy atom. The molecule has 0 aliphatic rings. The molecule has 0 rings (SSSR count). The van der Waals surface area contributed by atoms with Crippen LogP contribution in [0.4, 0.5) is 0 Å². The molecule has 0 heterocycles. The Labute approximate surface area is 151 Å². The zero-order valence-corrected chi connectivity index (χ0v) is 20.1. The number of rotatable bonds is 9. The molecular formula is C17H40O3SSi2. The molecule has 23 heavy (non-hydrogen) atoms. The van der Waals surface area contributed by atoms with Crippen LogP contribution in [0.5, 0.6) is 0 Å². The van der Waals surface area contributed by atoms with E-state index in [1.807, 2.05) is 0 Å². The maximum atomic E-state index is 6.19. The van der Waals surface area contributed by atoms with Crippen LogP contribution in [0.1, 0.15) is 48.5 Å². The van der Waals surface area contributed by atoms with Crippen molar-refractivity contribution in [3.8, 4) is 0 Å². The third kappa shape index (κ3) is 8.54. The van der Waals surface area contributed by atoms with Gasteiger partial charge in [0.15, 0.2) is 16.6 Å². The van der Waals surface area contributed by atoms with Gasteiger partial charge >= 0.3 is 0 Å². The second-order valence-corrected chi connectivity index (χ2v) is 19.9. The van der Waals surface area contributed by atoms with Crippen LogP contribution >= 0.6 is 11.8 Å². The largest absolute Gasteiger partial charge is 0.414 e. The van der Waals surface area contributed by atoms with E-state index in [2.05, 4.69) is 74.7 Å². The molecular weight excluding hydrogens is 340 g/mol. The first-order valence-corrected chi connectivity index (χ1v) is 15.5. The fourth-order valence-corrected chi connectivity index (χ4v) is 4.62. The lowest BCUT2D eigenvalue weighted by Crippen LogP contribution is -2.42. The molecule has 0 amide bonds. The van der Waals surface area contributed by atoms with Crippen molar-refractivity contribution in [3.05, 3.63) is 0 Å². The summed E-state index contributed by atoms with van der Waals surface area (Å²) in [5, 5.41) is 0.511. The average molecular weight is 381 g/mol. The SMILES string of the molecule is CC(CO[Si](C)(C)C(C)(C)C)OCSCO[Si](C)(C)C(C)(C)C. The Hall–Kier alpha value is 0.664. The smallest absolute Gasteiger partial charge is 0.193 e. The summed E-state index contributed by atoms with van der Waals surface area (Å²) in [5.41, 5.74) is 0. The minimum atomic E-state index is -1.67. The molecule has 0 bridgehead atoms. The minimum absolute atomic E-state index is 0.129. The molecule has 0 aromatic rings. The normalized spacial score (nSPS) is 15.8. The molecule has 1 unspecified atom stereocenters. The van der Waals surface area contributed by atoms with Crippen molar-refractivity contribution >= 4 is 28.4 Å². The van der Waals surface area contributed by atoms with E-state index in [-0.39, 0.29) is 16.2 Å². The van der Waals surface area contributed by atoms with Gasteiger partial charge in [-0.3, -0.25) is 0 Å². The Balaban J connectivity index is 3.95. The van der Waals surface area contributed by atoms with Crippen molar-refractivity contribution in [1.82, 2.24) is 0 Å². The minimum Gasteiger partial charge on any atom is -0.414 e. The summed E-state index contributed by atoms with van der Waals surface area (Å²) in [4.78, 5) is 0. The predicted octanol–water partition coefficient (Wildman–Crippen LogP) is 6.08. The summed E-state index contributed by atoms with van der Waals surface area (Å²) in [6.45, 7) is 25.5. The molecule has 6 heteroatoms. The van der Waals surface area contributed by atoms with Gasteiger partial charge in [0.2, 0.25) is 0 Å². The van der Waals surface area contributed by atoms with Gasteiger partial charge in [0.25, 0.3) is 0 Å². The second-order valence-electron chi connectivity index (χ2n) is 9.39. The Morgan fingerprint density at radius 2 is 1.22 bits per heavy atom. The van der Waals surface area contributed by atoms with Crippen LogP contribution in [0, 0.1) is 0 Å². The van der Waals surface area contributed by atoms with E-state index in [4.69, 9.17) is 13.6 Å². The zero-order valence-electron chi connectivity index (χ0n) is 17.3. The Kier molecular flexibility index (Phi) is 9.11. The molecule has 0 fully saturated rings. The van der Waals surface area contributed by atoms with Crippen LogP contribution in [0.15, 0.2) is 0 Å². The highest BCUT2D eigenvalue weighted by atomic mass is 32.2. The number of hydrogen-bond donors (Lipinski definition) is 0. The first-order chi connectivity index (χ1) is 10.1. The third-order valence-electron chi connectivity index (χ3n) is 5.23. The summed E-state index contributed by atoms with van der Waals surface area (Å²) in [5.74, 6) is 1.38. The van der Waals surface area contributed by atoms with Crippen molar-refractivity contribution in [2.45, 2.75) is 90.8 Å². The quantitative estimate of drug-likeness (QED) is 0.275. The molecule has 0 saturated carbocycles. The van der Waals surface area contributed by atoms with Crippen LogP contribution in [0.25, 0.3) is 0 Å². The lowest BCUT2D eigenvalue weighted by atomic mass is 10.2. The molecule has 3 nitrogen and oxygen atoms in total. The standard InChI is InChI=1S/C17H40O3SSi2/c1-15(12-19-22(8,9)16(2,3)4)18-13-21-14-20-23(10,11)17(5,6)7/h15H,12-14H2,1-11H3. The van der Waals surface area contributed by atoms with Crippen molar-refractivity contribution in [2.75, 3.05) is 18.5 Å². The van der Waals surface area contributed by atoms with Gasteiger partial charge in [0.1, 0.15) is 0 Å². The first-order valence-electron chi connectivity index (χ1n) is 8.57. The monoisotopic (exact) mass is 380 g/mol. The lowest BCUT2D eigenvalue weighted by molar-refractivity contribution is 0.0567. The van der Waals surface area contributed by atoms with Gasteiger partial charge in [-0.2, -0.15) is 0 Å². The van der Waals surface area contributed by atoms with Crippen LogP contribution in [-0.4, -0.2) is 41.2 Å². The molecule has 140 valence electrons. The first kappa shape index (κ1) is 23.7. The molecule has 0 aliphatic carbocycles. The topological polar surface area (TPSA) is 27.7 Å². The Bertz CT molecular complexity index is 347. The van der Waals surface area contributed by atoms with Gasteiger partial charge in [-0.15, -0.1) is 11.8 Å². The molecule has 0 N–H and O–H groups in total. The zero-order chi connectivity index (χ0) is 18.5. The van der Waals surface area contributed by atoms with Gasteiger partial charge in [-0.1, -0.05) is 41.5 Å². The van der Waals surface area contributed by atoms with Crippen molar-refractivity contribution in [3.63, 3.8) is 0 Å². The predicted molar refractivity (Wildman–Crippen MR) is 109 cm³/mol. The van der Waals surface area contributed by atoms with Crippen LogP contribution in [0.2, 0.25) is 36.3 Å². The molecule has 0 saturated heterocycles. The summed E-state index contributed by atoms with van der Waals surface area (Å²) >= 11 is 1.71. The molecule has 0 aromatic heterocycles. The molecule has 1 atom stereocenters. The highest BCUT2D eigenvalue weighted by Crippen LogP contribution is 2.37. The van der Waals surface area contributed by atoms with Crippen LogP contribution in [-0.2, 0) is 13.6 Å². The van der Waals surface area contributed by atoms with Crippen LogP contribution in [0.3, 0.4) is 0 Å². The maximum Gasteiger partial charge on any atom is 0.193 e. The fraction of sp³-hybridized carbons (Fsp3) is 1.00. The van der Waals surface area contributed by atoms with Crippen molar-refractivity contribution in [1.29, 1.82) is 0 Å². The van der Waals surface area contributed by atoms with Crippen molar-refractivity contribution in [2.24, 2.45) is 0 Å². The van der Waals surface area contributed by atoms with Crippen molar-refractivity contribution < 1.29 is 13.6 Å².